The van der Waals surface area contributed by atoms with Crippen LogP contribution in [0, 0.1) is 0 Å². The maximum atomic E-state index is 13.3. The molecule has 136 valence electrons. The second kappa shape index (κ2) is 9.96. The number of rotatable bonds is 7. The van der Waals surface area contributed by atoms with Gasteiger partial charge in [0.15, 0.2) is 0 Å². The van der Waals surface area contributed by atoms with Crippen molar-refractivity contribution in [2.24, 2.45) is 9.48 Å². The van der Waals surface area contributed by atoms with Crippen LogP contribution in [0.4, 0.5) is 4.79 Å². The average Bonchev–Trinajstić information content (AvgIpc) is 2.65. The summed E-state index contributed by atoms with van der Waals surface area (Å²) in [6, 6.07) is 15.9. The number of carbonyl (C=O) groups is 1. The minimum absolute atomic E-state index is 0.0533. The first-order valence-corrected chi connectivity index (χ1v) is 10.2. The van der Waals surface area contributed by atoms with Gasteiger partial charge < -0.3 is 4.74 Å². The summed E-state index contributed by atoms with van der Waals surface area (Å²) in [5.74, 6) is 0.0914. The van der Waals surface area contributed by atoms with Crippen LogP contribution in [-0.4, -0.2) is 22.6 Å². The summed E-state index contributed by atoms with van der Waals surface area (Å²) in [6.07, 6.45) is -0.542. The van der Waals surface area contributed by atoms with E-state index in [0.29, 0.717) is 11.3 Å². The van der Waals surface area contributed by atoms with Crippen LogP contribution in [0.3, 0.4) is 0 Å². The van der Waals surface area contributed by atoms with E-state index in [9.17, 15) is 9.00 Å². The van der Waals surface area contributed by atoms with Gasteiger partial charge in [-0.2, -0.15) is 0 Å². The van der Waals surface area contributed by atoms with Gasteiger partial charge in [0.25, 0.3) is 0 Å². The van der Waals surface area contributed by atoms with Crippen LogP contribution in [0.15, 0.2) is 73.4 Å². The Labute approximate surface area is 160 Å². The van der Waals surface area contributed by atoms with Crippen molar-refractivity contribution in [1.29, 1.82) is 0 Å². The fourth-order valence-electron chi connectivity index (χ4n) is 2.11. The molecule has 0 aromatic heterocycles. The van der Waals surface area contributed by atoms with Crippen molar-refractivity contribution < 1.29 is 13.7 Å². The standard InChI is InChI=1S/C17H17BrN4O3S/c18-15-7-9-16(10-8-15)26(24,12-4-11-20-22-19)21-17(23)25-13-14-5-2-1-3-6-14/h1-3,5-10H,4,11-13H2. The molecule has 1 amide bonds. The molecule has 1 unspecified atom stereocenters. The predicted molar refractivity (Wildman–Crippen MR) is 103 cm³/mol. The van der Waals surface area contributed by atoms with Crippen molar-refractivity contribution in [3.63, 3.8) is 0 Å². The lowest BCUT2D eigenvalue weighted by atomic mass is 10.2. The number of carbonyl (C=O) groups excluding carboxylic acids is 1. The zero-order chi connectivity index (χ0) is 18.8. The van der Waals surface area contributed by atoms with E-state index in [4.69, 9.17) is 10.3 Å². The van der Waals surface area contributed by atoms with Crippen LogP contribution in [0.25, 0.3) is 10.4 Å². The van der Waals surface area contributed by atoms with Gasteiger partial charge in [-0.1, -0.05) is 51.4 Å². The molecule has 0 aliphatic rings. The van der Waals surface area contributed by atoms with Crippen LogP contribution in [0.1, 0.15) is 12.0 Å². The molecule has 26 heavy (non-hydrogen) atoms. The van der Waals surface area contributed by atoms with Gasteiger partial charge in [0, 0.05) is 26.6 Å². The van der Waals surface area contributed by atoms with Gasteiger partial charge in [-0.3, -0.25) is 0 Å². The Morgan fingerprint density at radius 3 is 2.50 bits per heavy atom. The first kappa shape index (κ1) is 20.0. The maximum Gasteiger partial charge on any atom is 0.442 e. The third-order valence-corrected chi connectivity index (χ3v) is 6.17. The van der Waals surface area contributed by atoms with Gasteiger partial charge in [-0.05, 0) is 41.8 Å². The Balaban J connectivity index is 2.19. The second-order valence-corrected chi connectivity index (χ2v) is 8.50. The monoisotopic (exact) mass is 436 g/mol. The summed E-state index contributed by atoms with van der Waals surface area (Å²) in [4.78, 5) is 15.2. The molecule has 0 saturated heterocycles. The highest BCUT2D eigenvalue weighted by atomic mass is 79.9. The fraction of sp³-hybridized carbons (Fsp3) is 0.235. The van der Waals surface area contributed by atoms with Crippen LogP contribution in [0.2, 0.25) is 0 Å². The molecular weight excluding hydrogens is 420 g/mol. The van der Waals surface area contributed by atoms with Gasteiger partial charge in [0.05, 0.1) is 9.73 Å². The van der Waals surface area contributed by atoms with Crippen molar-refractivity contribution in [2.75, 3.05) is 12.3 Å². The minimum atomic E-state index is -3.02. The lowest BCUT2D eigenvalue weighted by molar-refractivity contribution is 0.151. The van der Waals surface area contributed by atoms with Crippen molar-refractivity contribution in [3.05, 3.63) is 75.1 Å². The number of nitrogens with zero attached hydrogens (tertiary/aromatic N) is 4. The summed E-state index contributed by atoms with van der Waals surface area (Å²) in [7, 11) is -3.02. The number of halogens is 1. The molecule has 2 aromatic rings. The van der Waals surface area contributed by atoms with Crippen molar-refractivity contribution in [1.82, 2.24) is 0 Å². The van der Waals surface area contributed by atoms with E-state index in [1.807, 2.05) is 30.3 Å². The topological polar surface area (TPSA) is 104 Å². The fourth-order valence-corrected chi connectivity index (χ4v) is 4.18. The smallest absolute Gasteiger partial charge is 0.442 e. The van der Waals surface area contributed by atoms with Gasteiger partial charge >= 0.3 is 6.09 Å². The van der Waals surface area contributed by atoms with Crippen LogP contribution in [-0.2, 0) is 21.1 Å². The molecular formula is C17H17BrN4O3S. The van der Waals surface area contributed by atoms with Crippen molar-refractivity contribution in [2.45, 2.75) is 17.9 Å². The molecule has 7 nitrogen and oxygen atoms in total. The Morgan fingerprint density at radius 1 is 1.15 bits per heavy atom. The van der Waals surface area contributed by atoms with Gasteiger partial charge in [-0.15, -0.1) is 4.36 Å². The number of hydrogen-bond acceptors (Lipinski definition) is 4. The quantitative estimate of drug-likeness (QED) is 0.254. The van der Waals surface area contributed by atoms with E-state index in [1.54, 1.807) is 24.3 Å². The zero-order valence-electron chi connectivity index (χ0n) is 13.8. The third kappa shape index (κ3) is 6.18. The number of hydrogen-bond donors (Lipinski definition) is 0. The summed E-state index contributed by atoms with van der Waals surface area (Å²) < 4.78 is 23.0. The van der Waals surface area contributed by atoms with Gasteiger partial charge in [0.1, 0.15) is 6.61 Å². The third-order valence-electron chi connectivity index (χ3n) is 3.35. The molecule has 2 rings (SSSR count). The molecule has 0 radical (unpaired) electrons. The van der Waals surface area contributed by atoms with E-state index in [-0.39, 0.29) is 18.9 Å². The Morgan fingerprint density at radius 2 is 1.85 bits per heavy atom. The lowest BCUT2D eigenvalue weighted by Crippen LogP contribution is -2.12. The number of ether oxygens (including phenoxy) is 1. The van der Waals surface area contributed by atoms with E-state index in [0.717, 1.165) is 10.0 Å². The average molecular weight is 437 g/mol. The van der Waals surface area contributed by atoms with Crippen molar-refractivity contribution >= 4 is 31.8 Å². The molecule has 0 N–H and O–H groups in total. The predicted octanol–water partition coefficient (Wildman–Crippen LogP) is 5.31. The molecule has 2 aromatic carbocycles. The molecule has 1 atom stereocenters. The van der Waals surface area contributed by atoms with E-state index < -0.39 is 15.8 Å². The highest BCUT2D eigenvalue weighted by molar-refractivity contribution is 9.10. The highest BCUT2D eigenvalue weighted by Gasteiger charge is 2.16. The first-order chi connectivity index (χ1) is 12.5. The molecule has 0 aliphatic carbocycles. The zero-order valence-corrected chi connectivity index (χ0v) is 16.2. The number of benzene rings is 2. The normalized spacial score (nSPS) is 12.5. The lowest BCUT2D eigenvalue weighted by Gasteiger charge is -2.10. The molecule has 0 fully saturated rings. The summed E-state index contributed by atoms with van der Waals surface area (Å²) in [5.41, 5.74) is 9.17. The van der Waals surface area contributed by atoms with E-state index >= 15 is 0 Å². The summed E-state index contributed by atoms with van der Waals surface area (Å²) >= 11 is 3.32. The van der Waals surface area contributed by atoms with Gasteiger partial charge in [0.2, 0.25) is 0 Å². The Hall–Kier alpha value is -2.35. The largest absolute Gasteiger partial charge is 0.443 e. The molecule has 9 heteroatoms. The van der Waals surface area contributed by atoms with E-state index in [2.05, 4.69) is 30.3 Å². The molecule has 0 saturated carbocycles. The van der Waals surface area contributed by atoms with E-state index in [1.165, 1.54) is 0 Å². The molecule has 0 bridgehead atoms. The minimum Gasteiger partial charge on any atom is -0.443 e. The molecule has 0 aliphatic heterocycles. The van der Waals surface area contributed by atoms with Gasteiger partial charge in [-0.25, -0.2) is 9.00 Å². The molecule has 0 heterocycles. The first-order valence-electron chi connectivity index (χ1n) is 7.75. The molecule has 0 spiro atoms. The van der Waals surface area contributed by atoms with Crippen molar-refractivity contribution in [3.8, 4) is 0 Å². The maximum absolute atomic E-state index is 13.3. The Bertz CT molecular complexity index is 903. The summed E-state index contributed by atoms with van der Waals surface area (Å²) in [6.45, 7) is 0.232. The Kier molecular flexibility index (Phi) is 7.65. The number of azide groups is 1. The second-order valence-electron chi connectivity index (χ2n) is 5.24. The summed E-state index contributed by atoms with van der Waals surface area (Å²) in [5, 5.41) is 3.43. The van der Waals surface area contributed by atoms with Crippen LogP contribution < -0.4 is 0 Å². The number of amides is 1. The van der Waals surface area contributed by atoms with Crippen LogP contribution in [0.5, 0.6) is 0 Å². The SMILES string of the molecule is [N-]=[N+]=NCCCS(=O)(=NC(=O)OCc1ccccc1)c1ccc(Br)cc1. The van der Waals surface area contributed by atoms with Crippen LogP contribution >= 0.6 is 15.9 Å². The highest BCUT2D eigenvalue weighted by Crippen LogP contribution is 2.19.